The summed E-state index contributed by atoms with van der Waals surface area (Å²) in [7, 11) is -3.87. The van der Waals surface area contributed by atoms with Gasteiger partial charge < -0.3 is 31.3 Å². The molecule has 3 heterocycles. The van der Waals surface area contributed by atoms with Gasteiger partial charge in [0.25, 0.3) is 5.91 Å². The van der Waals surface area contributed by atoms with Gasteiger partial charge in [-0.15, -0.1) is 11.3 Å². The molecule has 0 radical (unpaired) electrons. The molecule has 5 amide bonds. The molecular weight excluding hydrogens is 913 g/mol. The smallest absolute Gasteiger partial charge is 0.258 e. The van der Waals surface area contributed by atoms with Crippen LogP contribution in [0.15, 0.2) is 162 Å². The van der Waals surface area contributed by atoms with Crippen molar-refractivity contribution < 1.29 is 37.1 Å². The van der Waals surface area contributed by atoms with Crippen molar-refractivity contribution in [2.24, 2.45) is 0 Å². The first-order valence-corrected chi connectivity index (χ1v) is 24.8. The van der Waals surface area contributed by atoms with E-state index in [2.05, 4.69) is 37.9 Å². The van der Waals surface area contributed by atoms with Crippen molar-refractivity contribution in [3.05, 3.63) is 185 Å². The van der Waals surface area contributed by atoms with E-state index < -0.39 is 70.3 Å². The SMILES string of the molecule is C=C(c1cccs1)C1NC(=O)COc2ccc(cc2)CC(C(=O)NCCNS(=O)(=O)c2ccc(C)cc2)NC(=O)C(CCc2ccccc2)NC(=O)C(Cc2ccc(-c3ccccc3)cc2)NC1=O. The van der Waals surface area contributed by atoms with E-state index in [-0.39, 0.29) is 37.2 Å². The molecule has 69 heavy (non-hydrogen) atoms. The molecule has 6 N–H and O–H groups in total. The first kappa shape index (κ1) is 49.5. The van der Waals surface area contributed by atoms with Gasteiger partial charge in [0.05, 0.1) is 4.90 Å². The number of fused-ring (bicyclic) bond motifs is 16. The number of carbonyl (C=O) groups is 5. The number of sulfonamides is 1. The molecule has 0 saturated heterocycles. The third-order valence-corrected chi connectivity index (χ3v) is 13.9. The van der Waals surface area contributed by atoms with E-state index in [1.165, 1.54) is 23.5 Å². The van der Waals surface area contributed by atoms with Crippen LogP contribution >= 0.6 is 11.3 Å². The van der Waals surface area contributed by atoms with Crippen LogP contribution in [0.25, 0.3) is 16.7 Å². The number of rotatable bonds is 14. The Labute approximate surface area is 406 Å². The number of nitrogens with one attached hydrogen (secondary N) is 6. The van der Waals surface area contributed by atoms with Gasteiger partial charge in [-0.2, -0.15) is 0 Å². The third-order valence-electron chi connectivity index (χ3n) is 11.5. The van der Waals surface area contributed by atoms with Crippen molar-refractivity contribution in [2.45, 2.75) is 61.7 Å². The molecule has 0 saturated carbocycles. The Bertz CT molecular complexity index is 2830. The van der Waals surface area contributed by atoms with Crippen LogP contribution < -0.4 is 36.0 Å². The van der Waals surface area contributed by atoms with E-state index >= 15 is 0 Å². The Kier molecular flexibility index (Phi) is 16.9. The Balaban J connectivity index is 1.18. The summed E-state index contributed by atoms with van der Waals surface area (Å²) in [6.07, 6.45) is 0.479. The molecule has 2 aliphatic heterocycles. The van der Waals surface area contributed by atoms with Gasteiger partial charge in [0.15, 0.2) is 6.61 Å². The van der Waals surface area contributed by atoms with E-state index in [9.17, 15) is 32.4 Å². The van der Waals surface area contributed by atoms with Crippen molar-refractivity contribution >= 4 is 56.5 Å². The molecule has 1 aromatic heterocycles. The lowest BCUT2D eigenvalue weighted by Crippen LogP contribution is -2.59. The summed E-state index contributed by atoms with van der Waals surface area (Å²) < 4.78 is 34.2. The molecule has 0 spiro atoms. The molecular formula is C53H54N6O8S2. The lowest BCUT2D eigenvalue weighted by molar-refractivity contribution is -0.134. The lowest BCUT2D eigenvalue weighted by atomic mass is 9.98. The second kappa shape index (κ2) is 23.6. The summed E-state index contributed by atoms with van der Waals surface area (Å²) in [5.74, 6) is -2.96. The van der Waals surface area contributed by atoms with E-state index in [1.807, 2.05) is 97.2 Å². The van der Waals surface area contributed by atoms with E-state index in [4.69, 9.17) is 4.74 Å². The van der Waals surface area contributed by atoms with Gasteiger partial charge in [0, 0.05) is 30.8 Å². The fraction of sp³-hybridized carbons (Fsp3) is 0.226. The summed E-state index contributed by atoms with van der Waals surface area (Å²) in [6.45, 7) is 5.31. The molecule has 14 nitrogen and oxygen atoms in total. The Morgan fingerprint density at radius 3 is 2.03 bits per heavy atom. The number of ether oxygens (including phenoxy) is 1. The van der Waals surface area contributed by atoms with Gasteiger partial charge in [-0.3, -0.25) is 24.0 Å². The van der Waals surface area contributed by atoms with Gasteiger partial charge in [0.2, 0.25) is 33.7 Å². The molecule has 356 valence electrons. The van der Waals surface area contributed by atoms with Crippen LogP contribution in [0.1, 0.15) is 33.6 Å². The Morgan fingerprint density at radius 2 is 1.35 bits per heavy atom. The highest BCUT2D eigenvalue weighted by molar-refractivity contribution is 7.89. The Morgan fingerprint density at radius 1 is 0.696 bits per heavy atom. The van der Waals surface area contributed by atoms with Gasteiger partial charge in [-0.25, -0.2) is 13.1 Å². The predicted octanol–water partition coefficient (Wildman–Crippen LogP) is 5.28. The maximum atomic E-state index is 14.7. The van der Waals surface area contributed by atoms with Gasteiger partial charge in [-0.1, -0.05) is 127 Å². The summed E-state index contributed by atoms with van der Waals surface area (Å²) in [5, 5.41) is 15.9. The van der Waals surface area contributed by atoms with Crippen LogP contribution in [0, 0.1) is 6.92 Å². The summed E-state index contributed by atoms with van der Waals surface area (Å²) >= 11 is 1.33. The molecule has 5 aromatic carbocycles. The molecule has 16 heteroatoms. The zero-order valence-electron chi connectivity index (χ0n) is 38.0. The fourth-order valence-electron chi connectivity index (χ4n) is 7.66. The summed E-state index contributed by atoms with van der Waals surface area (Å²) in [6, 6.07) is 38.3. The standard InChI is InChI=1S/C53H54N6O8S2/c1-35-15-26-43(27-16-35)69(65,66)55-30-29-54-50(61)45-32-39-19-24-42(25-20-39)67-34-48(60)59-49(36(2)47-14-9-31-68-47)53(64)58-46(33-38-17-22-41(23-18-38)40-12-7-4-8-13-40)52(63)56-44(51(62)57-45)28-21-37-10-5-3-6-11-37/h3-20,22-27,31,44-46,49,55H,2,21,28-30,32-34H2,1H3,(H,54,61)(H,56,63)(H,57,62)(H,58,64)(H,59,60). The van der Waals surface area contributed by atoms with Crippen LogP contribution in [0.2, 0.25) is 0 Å². The van der Waals surface area contributed by atoms with Crippen molar-refractivity contribution in [2.75, 3.05) is 19.7 Å². The number of thiophene rings is 1. The quantitative estimate of drug-likeness (QED) is 0.0626. The zero-order chi connectivity index (χ0) is 48.8. The summed E-state index contributed by atoms with van der Waals surface area (Å²) in [5.41, 5.74) is 5.36. The third kappa shape index (κ3) is 14.1. The van der Waals surface area contributed by atoms with Gasteiger partial charge in [0.1, 0.15) is 29.9 Å². The molecule has 2 bridgehead atoms. The topological polar surface area (TPSA) is 201 Å². The molecule has 0 fully saturated rings. The Hall–Kier alpha value is -7.40. The molecule has 4 unspecified atom stereocenters. The molecule has 4 atom stereocenters. The van der Waals surface area contributed by atoms with Gasteiger partial charge in [-0.05, 0) is 88.9 Å². The minimum atomic E-state index is -3.87. The lowest BCUT2D eigenvalue weighted by Gasteiger charge is -2.27. The van der Waals surface area contributed by atoms with Crippen LogP contribution in [-0.4, -0.2) is 81.8 Å². The maximum absolute atomic E-state index is 14.7. The highest BCUT2D eigenvalue weighted by Gasteiger charge is 2.33. The second-order valence-corrected chi connectivity index (χ2v) is 19.3. The van der Waals surface area contributed by atoms with E-state index in [1.54, 1.807) is 48.5 Å². The maximum Gasteiger partial charge on any atom is 0.258 e. The number of amides is 5. The van der Waals surface area contributed by atoms with Crippen LogP contribution in [0.3, 0.4) is 0 Å². The highest BCUT2D eigenvalue weighted by atomic mass is 32.2. The molecule has 8 rings (SSSR count). The first-order chi connectivity index (χ1) is 33.3. The minimum Gasteiger partial charge on any atom is -0.484 e. The minimum absolute atomic E-state index is 0.00159. The van der Waals surface area contributed by atoms with Crippen LogP contribution in [-0.2, 0) is 53.3 Å². The number of carbonyl (C=O) groups excluding carboxylic acids is 5. The fourth-order valence-corrected chi connectivity index (χ4v) is 9.42. The second-order valence-electron chi connectivity index (χ2n) is 16.6. The van der Waals surface area contributed by atoms with Crippen molar-refractivity contribution in [3.8, 4) is 16.9 Å². The highest BCUT2D eigenvalue weighted by Crippen LogP contribution is 2.24. The average Bonchev–Trinajstić information content (AvgIpc) is 3.91. The largest absolute Gasteiger partial charge is 0.484 e. The zero-order valence-corrected chi connectivity index (χ0v) is 39.6. The number of aryl methyl sites for hydroxylation is 2. The van der Waals surface area contributed by atoms with E-state index in [0.717, 1.165) is 22.3 Å². The summed E-state index contributed by atoms with van der Waals surface area (Å²) in [4.78, 5) is 72.0. The normalized spacial score (nSPS) is 18.2. The van der Waals surface area contributed by atoms with Crippen molar-refractivity contribution in [3.63, 3.8) is 0 Å². The van der Waals surface area contributed by atoms with Crippen molar-refractivity contribution in [1.29, 1.82) is 0 Å². The first-order valence-electron chi connectivity index (χ1n) is 22.5. The van der Waals surface area contributed by atoms with Crippen LogP contribution in [0.5, 0.6) is 5.75 Å². The predicted molar refractivity (Wildman–Crippen MR) is 266 cm³/mol. The van der Waals surface area contributed by atoms with Gasteiger partial charge >= 0.3 is 0 Å². The number of benzene rings is 5. The number of hydrogen-bond donors (Lipinski definition) is 6. The number of hydrogen-bond acceptors (Lipinski definition) is 9. The monoisotopic (exact) mass is 966 g/mol. The average molecular weight is 967 g/mol. The molecule has 6 aromatic rings. The molecule has 2 aliphatic rings. The van der Waals surface area contributed by atoms with Crippen LogP contribution in [0.4, 0.5) is 0 Å². The van der Waals surface area contributed by atoms with Crippen molar-refractivity contribution in [1.82, 2.24) is 31.3 Å². The molecule has 0 aliphatic carbocycles. The van der Waals surface area contributed by atoms with E-state index in [0.29, 0.717) is 33.7 Å².